The number of pyridine rings is 1. The molecule has 3 aromatic rings. The van der Waals surface area contributed by atoms with Crippen molar-refractivity contribution < 1.29 is 9.90 Å². The number of para-hydroxylation sites is 1. The van der Waals surface area contributed by atoms with Gasteiger partial charge in [0.05, 0.1) is 11.1 Å². The summed E-state index contributed by atoms with van der Waals surface area (Å²) >= 11 is 2.78. The maximum absolute atomic E-state index is 11.4. The van der Waals surface area contributed by atoms with Crippen molar-refractivity contribution >= 4 is 40.0 Å². The van der Waals surface area contributed by atoms with Crippen LogP contribution in [-0.2, 0) is 0 Å². The average Bonchev–Trinajstić information content (AvgIpc) is 2.83. The van der Waals surface area contributed by atoms with Gasteiger partial charge in [-0.05, 0) is 30.8 Å². The number of hydrogen-bond donors (Lipinski definition) is 1. The molecule has 3 rings (SSSR count). The van der Waals surface area contributed by atoms with Gasteiger partial charge in [0, 0.05) is 5.39 Å². The molecular formula is C13H9N3O2S2. The molecule has 0 saturated heterocycles. The van der Waals surface area contributed by atoms with Crippen molar-refractivity contribution in [2.24, 2.45) is 0 Å². The third-order valence-electron chi connectivity index (χ3n) is 2.62. The summed E-state index contributed by atoms with van der Waals surface area (Å²) in [5, 5.41) is 19.4. The first-order chi connectivity index (χ1) is 9.63. The van der Waals surface area contributed by atoms with Gasteiger partial charge in [-0.25, -0.2) is 9.78 Å². The van der Waals surface area contributed by atoms with Gasteiger partial charge in [0.2, 0.25) is 0 Å². The number of benzene rings is 1. The molecule has 7 heteroatoms. The second-order valence-electron chi connectivity index (χ2n) is 4.02. The van der Waals surface area contributed by atoms with Crippen molar-refractivity contribution in [3.05, 3.63) is 40.9 Å². The summed E-state index contributed by atoms with van der Waals surface area (Å²) in [6, 6.07) is 8.78. The fourth-order valence-corrected chi connectivity index (χ4v) is 3.57. The lowest BCUT2D eigenvalue weighted by Crippen LogP contribution is -1.99. The highest BCUT2D eigenvalue weighted by molar-refractivity contribution is 8.01. The average molecular weight is 303 g/mol. The molecule has 0 spiro atoms. The minimum Gasteiger partial charge on any atom is -0.478 e. The number of aromatic carboxylic acids is 1. The molecule has 20 heavy (non-hydrogen) atoms. The molecule has 0 atom stereocenters. The number of hydrogen-bond acceptors (Lipinski definition) is 6. The van der Waals surface area contributed by atoms with E-state index in [2.05, 4.69) is 15.2 Å². The van der Waals surface area contributed by atoms with Gasteiger partial charge >= 0.3 is 5.97 Å². The first kappa shape index (κ1) is 13.0. The van der Waals surface area contributed by atoms with E-state index in [1.54, 1.807) is 24.3 Å². The third-order valence-corrected chi connectivity index (χ3v) is 4.43. The fraction of sp³-hybridized carbons (Fsp3) is 0.0769. The molecule has 0 fully saturated rings. The summed E-state index contributed by atoms with van der Waals surface area (Å²) in [6.07, 6.45) is 0. The van der Waals surface area contributed by atoms with Crippen LogP contribution < -0.4 is 0 Å². The number of nitrogens with zero attached hydrogens (tertiary/aromatic N) is 3. The van der Waals surface area contributed by atoms with E-state index in [1.165, 1.54) is 23.1 Å². The summed E-state index contributed by atoms with van der Waals surface area (Å²) in [5.74, 6) is -0.959. The molecule has 100 valence electrons. The van der Waals surface area contributed by atoms with Crippen molar-refractivity contribution in [3.63, 3.8) is 0 Å². The molecule has 0 bridgehead atoms. The quantitative estimate of drug-likeness (QED) is 0.800. The second-order valence-corrected chi connectivity index (χ2v) is 6.47. The van der Waals surface area contributed by atoms with Crippen LogP contribution in [0.4, 0.5) is 0 Å². The molecule has 1 aromatic carbocycles. The Balaban J connectivity index is 2.10. The second kappa shape index (κ2) is 5.18. The number of fused-ring (bicyclic) bond motifs is 1. The Morgan fingerprint density at radius 3 is 2.80 bits per heavy atom. The van der Waals surface area contributed by atoms with Crippen molar-refractivity contribution in [1.82, 2.24) is 15.2 Å². The van der Waals surface area contributed by atoms with Gasteiger partial charge in [0.15, 0.2) is 4.34 Å². The van der Waals surface area contributed by atoms with Crippen LogP contribution in [-0.4, -0.2) is 26.3 Å². The van der Waals surface area contributed by atoms with Crippen LogP contribution in [0.25, 0.3) is 10.9 Å². The van der Waals surface area contributed by atoms with Gasteiger partial charge in [-0.1, -0.05) is 29.5 Å². The van der Waals surface area contributed by atoms with Crippen LogP contribution in [0.5, 0.6) is 0 Å². The van der Waals surface area contributed by atoms with Gasteiger partial charge in [-0.3, -0.25) is 0 Å². The first-order valence-electron chi connectivity index (χ1n) is 5.74. The highest BCUT2D eigenvalue weighted by Gasteiger charge is 2.13. The molecule has 5 nitrogen and oxygen atoms in total. The largest absolute Gasteiger partial charge is 0.478 e. The summed E-state index contributed by atoms with van der Waals surface area (Å²) in [6.45, 7) is 1.87. The number of carboxylic acids is 1. The Kier molecular flexibility index (Phi) is 3.37. The molecule has 0 unspecified atom stereocenters. The minimum atomic E-state index is -0.959. The molecule has 0 aliphatic carbocycles. The molecule has 0 saturated carbocycles. The topological polar surface area (TPSA) is 76.0 Å². The van der Waals surface area contributed by atoms with Crippen molar-refractivity contribution in [2.45, 2.75) is 16.3 Å². The third kappa shape index (κ3) is 2.50. The van der Waals surface area contributed by atoms with Gasteiger partial charge < -0.3 is 5.11 Å². The predicted octanol–water partition coefficient (Wildman–Crippen LogP) is 3.24. The Morgan fingerprint density at radius 2 is 2.10 bits per heavy atom. The molecule has 0 aliphatic rings. The van der Waals surface area contributed by atoms with Crippen LogP contribution in [0.1, 0.15) is 15.4 Å². The smallest absolute Gasteiger partial charge is 0.336 e. The van der Waals surface area contributed by atoms with Gasteiger partial charge in [-0.15, -0.1) is 10.2 Å². The standard InChI is InChI=1S/C13H9N3O2S2/c1-7-15-16-13(19-7)20-11-6-9(12(17)18)8-4-2-3-5-10(8)14-11/h2-6H,1H3,(H,17,18). The zero-order valence-electron chi connectivity index (χ0n) is 10.4. The lowest BCUT2D eigenvalue weighted by molar-refractivity contribution is 0.0698. The van der Waals surface area contributed by atoms with Crippen LogP contribution in [0, 0.1) is 6.92 Å². The number of carboxylic acid groups (broad SMARTS) is 1. The molecule has 0 amide bonds. The molecule has 2 heterocycles. The maximum Gasteiger partial charge on any atom is 0.336 e. The summed E-state index contributed by atoms with van der Waals surface area (Å²) in [7, 11) is 0. The number of carbonyl (C=O) groups is 1. The van der Waals surface area contributed by atoms with Crippen molar-refractivity contribution in [2.75, 3.05) is 0 Å². The molecule has 0 aliphatic heterocycles. The monoisotopic (exact) mass is 303 g/mol. The summed E-state index contributed by atoms with van der Waals surface area (Å²) in [4.78, 5) is 15.8. The van der Waals surface area contributed by atoms with Gasteiger partial charge in [0.1, 0.15) is 10.0 Å². The van der Waals surface area contributed by atoms with E-state index in [4.69, 9.17) is 0 Å². The Labute approximate surface area is 122 Å². The van der Waals surface area contributed by atoms with Crippen molar-refractivity contribution in [1.29, 1.82) is 0 Å². The van der Waals surface area contributed by atoms with Crippen LogP contribution >= 0.6 is 23.1 Å². The van der Waals surface area contributed by atoms with Crippen LogP contribution in [0.15, 0.2) is 39.7 Å². The fourth-order valence-electron chi connectivity index (χ4n) is 1.79. The Morgan fingerprint density at radius 1 is 1.30 bits per heavy atom. The first-order valence-corrected chi connectivity index (χ1v) is 7.38. The van der Waals surface area contributed by atoms with Crippen LogP contribution in [0.3, 0.4) is 0 Å². The van der Waals surface area contributed by atoms with E-state index in [1.807, 2.05) is 13.0 Å². The number of rotatable bonds is 3. The SMILES string of the molecule is Cc1nnc(Sc2cc(C(=O)O)c3ccccc3n2)s1. The minimum absolute atomic E-state index is 0.249. The highest BCUT2D eigenvalue weighted by atomic mass is 32.2. The number of aryl methyl sites for hydroxylation is 1. The molecule has 0 radical (unpaired) electrons. The number of aromatic nitrogens is 3. The zero-order valence-corrected chi connectivity index (χ0v) is 12.0. The van der Waals surface area contributed by atoms with E-state index >= 15 is 0 Å². The summed E-state index contributed by atoms with van der Waals surface area (Å²) < 4.78 is 0.751. The van der Waals surface area contributed by atoms with Crippen LogP contribution in [0.2, 0.25) is 0 Å². The molecule has 2 aromatic heterocycles. The van der Waals surface area contributed by atoms with Crippen molar-refractivity contribution in [3.8, 4) is 0 Å². The normalized spacial score (nSPS) is 10.8. The molecular weight excluding hydrogens is 294 g/mol. The van der Waals surface area contributed by atoms with E-state index in [9.17, 15) is 9.90 Å². The van der Waals surface area contributed by atoms with E-state index in [0.29, 0.717) is 15.9 Å². The van der Waals surface area contributed by atoms with E-state index in [0.717, 1.165) is 9.35 Å². The Hall–Kier alpha value is -1.99. The van der Waals surface area contributed by atoms with Gasteiger partial charge in [-0.2, -0.15) is 0 Å². The lowest BCUT2D eigenvalue weighted by Gasteiger charge is -2.04. The zero-order chi connectivity index (χ0) is 14.1. The van der Waals surface area contributed by atoms with E-state index < -0.39 is 5.97 Å². The Bertz CT molecular complexity index is 801. The van der Waals surface area contributed by atoms with E-state index in [-0.39, 0.29) is 5.56 Å². The lowest BCUT2D eigenvalue weighted by atomic mass is 10.1. The maximum atomic E-state index is 11.4. The predicted molar refractivity (Wildman–Crippen MR) is 77.5 cm³/mol. The summed E-state index contributed by atoms with van der Waals surface area (Å²) in [5.41, 5.74) is 0.912. The van der Waals surface area contributed by atoms with Gasteiger partial charge in [0.25, 0.3) is 0 Å². The molecule has 1 N–H and O–H groups in total. The highest BCUT2D eigenvalue weighted by Crippen LogP contribution is 2.31.